The van der Waals surface area contributed by atoms with Gasteiger partial charge in [-0.1, -0.05) is 29.5 Å². The van der Waals surface area contributed by atoms with Crippen molar-refractivity contribution < 1.29 is 9.90 Å². The number of thiazole rings is 1. The average Bonchev–Trinajstić information content (AvgIpc) is 3.00. The van der Waals surface area contributed by atoms with Crippen molar-refractivity contribution in [1.82, 2.24) is 15.3 Å². The fraction of sp³-hybridized carbons (Fsp3) is 0.167. The first-order chi connectivity index (χ1) is 12.3. The maximum absolute atomic E-state index is 12.3. The van der Waals surface area contributed by atoms with E-state index in [-0.39, 0.29) is 12.5 Å². The highest BCUT2D eigenvalue weighted by Crippen LogP contribution is 2.34. The van der Waals surface area contributed by atoms with E-state index in [1.165, 1.54) is 11.3 Å². The summed E-state index contributed by atoms with van der Waals surface area (Å²) in [6, 6.07) is 8.11. The van der Waals surface area contributed by atoms with Crippen molar-refractivity contribution in [3.8, 4) is 0 Å². The number of rotatable bonds is 4. The number of fused-ring (bicyclic) bond motifs is 2. The quantitative estimate of drug-likeness (QED) is 0.670. The zero-order valence-electron chi connectivity index (χ0n) is 13.3. The molecule has 1 aromatic carbocycles. The van der Waals surface area contributed by atoms with Crippen molar-refractivity contribution in [3.05, 3.63) is 58.9 Å². The van der Waals surface area contributed by atoms with Gasteiger partial charge in [-0.25, -0.2) is 4.98 Å². The fourth-order valence-corrected chi connectivity index (χ4v) is 3.75. The van der Waals surface area contributed by atoms with E-state index in [2.05, 4.69) is 26.7 Å². The van der Waals surface area contributed by atoms with Crippen LogP contribution < -0.4 is 10.6 Å². The third-order valence-corrected chi connectivity index (χ3v) is 5.01. The second-order valence-corrected chi connectivity index (χ2v) is 6.61. The first-order valence-electron chi connectivity index (χ1n) is 7.94. The van der Waals surface area contributed by atoms with Gasteiger partial charge in [0.15, 0.2) is 5.13 Å². The summed E-state index contributed by atoms with van der Waals surface area (Å²) in [6.07, 6.45) is 5.58. The fourth-order valence-electron chi connectivity index (χ4n) is 2.82. The van der Waals surface area contributed by atoms with Gasteiger partial charge in [0, 0.05) is 36.4 Å². The molecule has 1 aliphatic rings. The first-order valence-corrected chi connectivity index (χ1v) is 8.76. The van der Waals surface area contributed by atoms with E-state index >= 15 is 0 Å². The van der Waals surface area contributed by atoms with Crippen molar-refractivity contribution in [2.45, 2.75) is 0 Å². The van der Waals surface area contributed by atoms with Crippen LogP contribution in [0.3, 0.4) is 0 Å². The summed E-state index contributed by atoms with van der Waals surface area (Å²) in [5.41, 5.74) is 2.59. The van der Waals surface area contributed by atoms with E-state index in [1.54, 1.807) is 6.20 Å². The van der Waals surface area contributed by atoms with E-state index in [4.69, 9.17) is 5.11 Å². The molecule has 126 valence electrons. The Morgan fingerprint density at radius 1 is 1.28 bits per heavy atom. The molecule has 0 unspecified atom stereocenters. The van der Waals surface area contributed by atoms with Crippen molar-refractivity contribution in [2.24, 2.45) is 0 Å². The number of aliphatic hydroxyl groups excluding tert-OH is 1. The summed E-state index contributed by atoms with van der Waals surface area (Å²) in [4.78, 5) is 21.7. The van der Waals surface area contributed by atoms with Crippen LogP contribution in [0, 0.1) is 0 Å². The molecule has 0 aliphatic carbocycles. The van der Waals surface area contributed by atoms with Crippen LogP contribution in [0.25, 0.3) is 16.3 Å². The predicted octanol–water partition coefficient (Wildman–Crippen LogP) is 2.27. The number of nitrogens with zero attached hydrogens (tertiary/aromatic N) is 2. The van der Waals surface area contributed by atoms with Crippen LogP contribution in [-0.2, 0) is 0 Å². The standard InChI is InChI=1S/C18H16N4O2S/c23-8-7-21-18-22-15-14(4-6-20-17(24)16(15)25-18)12-2-1-11-3-5-19-10-13(11)9-12/h1-5,9-10,23H,6-8H2,(H,20,24)(H,21,22). The SMILES string of the molecule is O=C1NCC=C(c2ccc3ccncc3c2)c2nc(NCCO)sc21. The minimum absolute atomic E-state index is 0.0107. The number of hydrogen-bond acceptors (Lipinski definition) is 6. The van der Waals surface area contributed by atoms with Crippen LogP contribution in [0.4, 0.5) is 5.13 Å². The molecule has 6 nitrogen and oxygen atoms in total. The highest BCUT2D eigenvalue weighted by atomic mass is 32.1. The zero-order valence-corrected chi connectivity index (χ0v) is 14.1. The molecule has 2 aromatic heterocycles. The van der Waals surface area contributed by atoms with Gasteiger partial charge in [-0.3, -0.25) is 9.78 Å². The Hall–Kier alpha value is -2.77. The lowest BCUT2D eigenvalue weighted by molar-refractivity contribution is 0.0962. The van der Waals surface area contributed by atoms with Gasteiger partial charge in [0.2, 0.25) is 0 Å². The van der Waals surface area contributed by atoms with Gasteiger partial charge < -0.3 is 15.7 Å². The normalized spacial score (nSPS) is 13.8. The molecule has 0 spiro atoms. The van der Waals surface area contributed by atoms with Gasteiger partial charge in [0.25, 0.3) is 5.91 Å². The van der Waals surface area contributed by atoms with Crippen LogP contribution in [0.15, 0.2) is 42.7 Å². The Balaban J connectivity index is 1.80. The molecule has 25 heavy (non-hydrogen) atoms. The van der Waals surface area contributed by atoms with Gasteiger partial charge in [0.1, 0.15) is 4.88 Å². The Morgan fingerprint density at radius 2 is 2.20 bits per heavy atom. The van der Waals surface area contributed by atoms with Crippen molar-refractivity contribution in [3.63, 3.8) is 0 Å². The minimum atomic E-state index is -0.127. The molecule has 0 fully saturated rings. The number of aromatic nitrogens is 2. The largest absolute Gasteiger partial charge is 0.395 e. The Bertz CT molecular complexity index is 980. The predicted molar refractivity (Wildman–Crippen MR) is 98.8 cm³/mol. The molecular formula is C18H16N4O2S. The third-order valence-electron chi connectivity index (χ3n) is 4.00. The number of pyridine rings is 1. The highest BCUT2D eigenvalue weighted by molar-refractivity contribution is 7.17. The number of amides is 1. The number of nitrogens with one attached hydrogen (secondary N) is 2. The molecule has 3 heterocycles. The monoisotopic (exact) mass is 352 g/mol. The molecule has 3 N–H and O–H groups in total. The molecule has 3 aromatic rings. The molecule has 7 heteroatoms. The lowest BCUT2D eigenvalue weighted by atomic mass is 9.99. The number of aliphatic hydroxyl groups is 1. The van der Waals surface area contributed by atoms with Crippen LogP contribution in [0.2, 0.25) is 0 Å². The number of hydrogen-bond donors (Lipinski definition) is 3. The number of carbonyl (C=O) groups excluding carboxylic acids is 1. The highest BCUT2D eigenvalue weighted by Gasteiger charge is 2.24. The lowest BCUT2D eigenvalue weighted by Crippen LogP contribution is -2.21. The van der Waals surface area contributed by atoms with Crippen molar-refractivity contribution in [1.29, 1.82) is 0 Å². The van der Waals surface area contributed by atoms with Gasteiger partial charge in [-0.15, -0.1) is 0 Å². The van der Waals surface area contributed by atoms with Crippen LogP contribution in [-0.4, -0.2) is 40.7 Å². The van der Waals surface area contributed by atoms with Crippen molar-refractivity contribution >= 4 is 38.7 Å². The van der Waals surface area contributed by atoms with E-state index in [9.17, 15) is 4.79 Å². The van der Waals surface area contributed by atoms with Crippen molar-refractivity contribution in [2.75, 3.05) is 25.0 Å². The molecule has 4 rings (SSSR count). The molecule has 0 atom stereocenters. The van der Waals surface area contributed by atoms with Crippen LogP contribution in [0.5, 0.6) is 0 Å². The molecule has 0 bridgehead atoms. The van der Waals surface area contributed by atoms with Gasteiger partial charge >= 0.3 is 0 Å². The maximum Gasteiger partial charge on any atom is 0.263 e. The Morgan fingerprint density at radius 3 is 3.08 bits per heavy atom. The second kappa shape index (κ2) is 6.62. The number of benzene rings is 1. The minimum Gasteiger partial charge on any atom is -0.395 e. The van der Waals surface area contributed by atoms with Gasteiger partial charge in [-0.2, -0.15) is 0 Å². The Labute approximate surface area is 148 Å². The number of anilines is 1. The third kappa shape index (κ3) is 2.99. The number of carbonyl (C=O) groups is 1. The second-order valence-electron chi connectivity index (χ2n) is 5.61. The smallest absolute Gasteiger partial charge is 0.263 e. The lowest BCUT2D eigenvalue weighted by Gasteiger charge is -2.07. The van der Waals surface area contributed by atoms with E-state index < -0.39 is 0 Å². The first kappa shape index (κ1) is 15.7. The molecule has 0 radical (unpaired) electrons. The summed E-state index contributed by atoms with van der Waals surface area (Å²) in [5.74, 6) is -0.127. The van der Waals surface area contributed by atoms with Gasteiger partial charge in [0.05, 0.1) is 12.3 Å². The molecule has 0 saturated carbocycles. The summed E-state index contributed by atoms with van der Waals surface area (Å²) in [6.45, 7) is 0.868. The summed E-state index contributed by atoms with van der Waals surface area (Å²) in [7, 11) is 0. The topological polar surface area (TPSA) is 87.1 Å². The molecule has 0 saturated heterocycles. The summed E-state index contributed by atoms with van der Waals surface area (Å²) >= 11 is 1.30. The van der Waals surface area contributed by atoms with E-state index in [1.807, 2.05) is 30.5 Å². The van der Waals surface area contributed by atoms with Crippen LogP contribution >= 0.6 is 11.3 Å². The molecule has 1 amide bonds. The Kier molecular flexibility index (Phi) is 4.17. The zero-order chi connectivity index (χ0) is 17.2. The van der Waals surface area contributed by atoms with Gasteiger partial charge in [-0.05, 0) is 23.1 Å². The average molecular weight is 352 g/mol. The molecular weight excluding hydrogens is 336 g/mol. The van der Waals surface area contributed by atoms with E-state index in [0.717, 1.165) is 21.9 Å². The summed E-state index contributed by atoms with van der Waals surface area (Å²) in [5, 5.41) is 17.7. The maximum atomic E-state index is 12.3. The molecule has 1 aliphatic heterocycles. The summed E-state index contributed by atoms with van der Waals surface area (Å²) < 4.78 is 0. The van der Waals surface area contributed by atoms with Crippen LogP contribution in [0.1, 0.15) is 20.9 Å². The van der Waals surface area contributed by atoms with E-state index in [0.29, 0.717) is 28.8 Å².